The van der Waals surface area contributed by atoms with Crippen molar-refractivity contribution in [1.29, 1.82) is 0 Å². The zero-order chi connectivity index (χ0) is 14.8. The van der Waals surface area contributed by atoms with Crippen LogP contribution in [0.3, 0.4) is 0 Å². The molecule has 0 saturated heterocycles. The van der Waals surface area contributed by atoms with Crippen molar-refractivity contribution in [3.63, 3.8) is 0 Å². The molecule has 1 atom stereocenters. The standard InChI is InChI=1S/C13H18.C4H7N3/c1-4-10-5-7-11(8-6-10)12-9-13(12,2)3;1-3-2-6-4(5)7-3/h5-8,12H,4,9H2,1-3H3;2H,1H3,(H3,5,6,7)/t12-;/m0./s1. The van der Waals surface area contributed by atoms with Crippen LogP contribution >= 0.6 is 0 Å². The first kappa shape index (κ1) is 14.6. The molecule has 3 nitrogen and oxygen atoms in total. The average Bonchev–Trinajstić information content (AvgIpc) is 2.89. The van der Waals surface area contributed by atoms with E-state index in [1.165, 1.54) is 17.5 Å². The lowest BCUT2D eigenvalue weighted by molar-refractivity contribution is 0.621. The van der Waals surface area contributed by atoms with Crippen LogP contribution in [0, 0.1) is 12.3 Å². The lowest BCUT2D eigenvalue weighted by Crippen LogP contribution is -1.90. The minimum Gasteiger partial charge on any atom is -0.369 e. The third-order valence-electron chi connectivity index (χ3n) is 4.03. The molecule has 1 aromatic heterocycles. The molecule has 3 rings (SSSR count). The van der Waals surface area contributed by atoms with Crippen molar-refractivity contribution in [1.82, 2.24) is 9.97 Å². The Balaban J connectivity index is 0.000000178. The van der Waals surface area contributed by atoms with E-state index in [0.717, 1.165) is 18.0 Å². The van der Waals surface area contributed by atoms with E-state index in [1.807, 2.05) is 6.92 Å². The molecular formula is C17H25N3. The second kappa shape index (κ2) is 5.70. The van der Waals surface area contributed by atoms with E-state index >= 15 is 0 Å². The van der Waals surface area contributed by atoms with Crippen molar-refractivity contribution >= 4 is 5.95 Å². The van der Waals surface area contributed by atoms with Gasteiger partial charge in [0.15, 0.2) is 5.95 Å². The normalized spacial score (nSPS) is 19.1. The summed E-state index contributed by atoms with van der Waals surface area (Å²) < 4.78 is 0. The Bertz CT molecular complexity index is 535. The molecule has 0 radical (unpaired) electrons. The zero-order valence-electron chi connectivity index (χ0n) is 12.9. The van der Waals surface area contributed by atoms with E-state index in [2.05, 4.69) is 55.0 Å². The molecule has 3 N–H and O–H groups in total. The summed E-state index contributed by atoms with van der Waals surface area (Å²) in [5.74, 6) is 1.30. The number of nitrogens with zero attached hydrogens (tertiary/aromatic N) is 1. The quantitative estimate of drug-likeness (QED) is 0.865. The van der Waals surface area contributed by atoms with Gasteiger partial charge in [-0.3, -0.25) is 0 Å². The maximum atomic E-state index is 5.21. The number of nitrogen functional groups attached to an aromatic ring is 1. The molecule has 0 spiro atoms. The molecule has 1 heterocycles. The summed E-state index contributed by atoms with van der Waals surface area (Å²) in [5.41, 5.74) is 9.75. The molecule has 0 aliphatic heterocycles. The van der Waals surface area contributed by atoms with Gasteiger partial charge in [0.05, 0.1) is 0 Å². The van der Waals surface area contributed by atoms with Gasteiger partial charge in [-0.25, -0.2) is 4.98 Å². The number of aromatic nitrogens is 2. The fraction of sp³-hybridized carbons (Fsp3) is 0.471. The molecule has 20 heavy (non-hydrogen) atoms. The molecule has 108 valence electrons. The molecule has 2 aromatic rings. The Morgan fingerprint density at radius 3 is 2.20 bits per heavy atom. The predicted octanol–water partition coefficient (Wildman–Crippen LogP) is 4.06. The Morgan fingerprint density at radius 1 is 1.30 bits per heavy atom. The first-order valence-electron chi connectivity index (χ1n) is 7.28. The first-order valence-corrected chi connectivity index (χ1v) is 7.28. The summed E-state index contributed by atoms with van der Waals surface area (Å²) in [6.07, 6.45) is 4.20. The topological polar surface area (TPSA) is 54.7 Å². The van der Waals surface area contributed by atoms with Crippen molar-refractivity contribution < 1.29 is 0 Å². The van der Waals surface area contributed by atoms with Gasteiger partial charge in [0.2, 0.25) is 0 Å². The smallest absolute Gasteiger partial charge is 0.197 e. The minimum absolute atomic E-state index is 0.484. The van der Waals surface area contributed by atoms with Crippen LogP contribution < -0.4 is 5.73 Å². The van der Waals surface area contributed by atoms with Crippen LogP contribution in [-0.4, -0.2) is 9.97 Å². The summed E-state index contributed by atoms with van der Waals surface area (Å²) >= 11 is 0. The maximum absolute atomic E-state index is 5.21. The van der Waals surface area contributed by atoms with E-state index in [4.69, 9.17) is 5.73 Å². The zero-order valence-corrected chi connectivity index (χ0v) is 12.9. The summed E-state index contributed by atoms with van der Waals surface area (Å²) in [4.78, 5) is 6.54. The van der Waals surface area contributed by atoms with Crippen LogP contribution in [0.15, 0.2) is 30.5 Å². The highest BCUT2D eigenvalue weighted by atomic mass is 15.0. The van der Waals surface area contributed by atoms with Gasteiger partial charge in [-0.15, -0.1) is 0 Å². The molecule has 3 heteroatoms. The van der Waals surface area contributed by atoms with Crippen molar-refractivity contribution in [3.8, 4) is 0 Å². The van der Waals surface area contributed by atoms with E-state index in [-0.39, 0.29) is 0 Å². The third kappa shape index (κ3) is 3.62. The molecule has 0 bridgehead atoms. The highest BCUT2D eigenvalue weighted by Gasteiger charge is 2.46. The molecule has 0 unspecified atom stereocenters. The summed E-state index contributed by atoms with van der Waals surface area (Å²) in [6.45, 7) is 8.82. The molecule has 0 amide bonds. The number of H-pyrrole nitrogens is 1. The largest absolute Gasteiger partial charge is 0.369 e. The number of nitrogens with two attached hydrogens (primary N) is 1. The predicted molar refractivity (Wildman–Crippen MR) is 84.7 cm³/mol. The average molecular weight is 271 g/mol. The Hall–Kier alpha value is -1.77. The Labute approximate surface area is 121 Å². The lowest BCUT2D eigenvalue weighted by atomic mass is 10.0. The summed E-state index contributed by atoms with van der Waals surface area (Å²) in [5, 5.41) is 0. The van der Waals surface area contributed by atoms with Crippen molar-refractivity contribution in [2.45, 2.75) is 46.5 Å². The fourth-order valence-corrected chi connectivity index (χ4v) is 2.45. The number of rotatable bonds is 2. The SMILES string of the molecule is CCc1ccc([C@@H]2CC2(C)C)cc1.Cc1cnc(N)[nH]1. The van der Waals surface area contributed by atoms with E-state index in [9.17, 15) is 0 Å². The van der Waals surface area contributed by atoms with Crippen LogP contribution in [0.1, 0.15) is 49.9 Å². The van der Waals surface area contributed by atoms with Crippen LogP contribution in [0.2, 0.25) is 0 Å². The molecule has 1 saturated carbocycles. The summed E-state index contributed by atoms with van der Waals surface area (Å²) in [7, 11) is 0. The second-order valence-electron chi connectivity index (χ2n) is 6.29. The Morgan fingerprint density at radius 2 is 1.90 bits per heavy atom. The van der Waals surface area contributed by atoms with Crippen LogP contribution in [0.4, 0.5) is 5.95 Å². The number of hydrogen-bond acceptors (Lipinski definition) is 2. The number of benzene rings is 1. The number of aromatic amines is 1. The monoisotopic (exact) mass is 271 g/mol. The molecule has 1 aliphatic carbocycles. The van der Waals surface area contributed by atoms with Gasteiger partial charge >= 0.3 is 0 Å². The minimum atomic E-state index is 0.484. The van der Waals surface area contributed by atoms with Gasteiger partial charge in [0.1, 0.15) is 0 Å². The molecule has 1 aliphatic rings. The Kier molecular flexibility index (Phi) is 4.17. The number of imidazole rings is 1. The fourth-order valence-electron chi connectivity index (χ4n) is 2.45. The van der Waals surface area contributed by atoms with E-state index < -0.39 is 0 Å². The first-order chi connectivity index (χ1) is 9.42. The lowest BCUT2D eigenvalue weighted by Gasteiger charge is -2.04. The number of anilines is 1. The number of aryl methyl sites for hydroxylation is 2. The third-order valence-corrected chi connectivity index (χ3v) is 4.03. The van der Waals surface area contributed by atoms with E-state index in [0.29, 0.717) is 11.4 Å². The molecule has 1 aromatic carbocycles. The van der Waals surface area contributed by atoms with Gasteiger partial charge in [-0.1, -0.05) is 45.0 Å². The summed E-state index contributed by atoms with van der Waals surface area (Å²) in [6, 6.07) is 9.14. The van der Waals surface area contributed by atoms with Gasteiger partial charge in [-0.2, -0.15) is 0 Å². The van der Waals surface area contributed by atoms with Gasteiger partial charge in [-0.05, 0) is 42.2 Å². The van der Waals surface area contributed by atoms with Gasteiger partial charge < -0.3 is 10.7 Å². The highest BCUT2D eigenvalue weighted by molar-refractivity contribution is 5.31. The van der Waals surface area contributed by atoms with Gasteiger partial charge in [0.25, 0.3) is 0 Å². The molecular weight excluding hydrogens is 246 g/mol. The highest BCUT2D eigenvalue weighted by Crippen LogP contribution is 2.58. The van der Waals surface area contributed by atoms with E-state index in [1.54, 1.807) is 6.20 Å². The second-order valence-corrected chi connectivity index (χ2v) is 6.29. The number of nitrogens with one attached hydrogen (secondary N) is 1. The van der Waals surface area contributed by atoms with Crippen LogP contribution in [-0.2, 0) is 6.42 Å². The van der Waals surface area contributed by atoms with Crippen molar-refractivity contribution in [2.24, 2.45) is 5.41 Å². The van der Waals surface area contributed by atoms with Crippen LogP contribution in [0.25, 0.3) is 0 Å². The maximum Gasteiger partial charge on any atom is 0.197 e. The van der Waals surface area contributed by atoms with Crippen molar-refractivity contribution in [2.75, 3.05) is 5.73 Å². The number of hydrogen-bond donors (Lipinski definition) is 2. The van der Waals surface area contributed by atoms with Crippen LogP contribution in [0.5, 0.6) is 0 Å². The molecule has 1 fully saturated rings. The van der Waals surface area contributed by atoms with Crippen molar-refractivity contribution in [3.05, 3.63) is 47.3 Å². The van der Waals surface area contributed by atoms with Gasteiger partial charge in [0, 0.05) is 11.9 Å².